The minimum atomic E-state index is -0.911. The first-order valence-corrected chi connectivity index (χ1v) is 5.58. The monoisotopic (exact) mass is 250 g/mol. The number of hydrogen-bond donors (Lipinski definition) is 1. The highest BCUT2D eigenvalue weighted by molar-refractivity contribution is 5.69. The van der Waals surface area contributed by atoms with Crippen molar-refractivity contribution >= 4 is 5.97 Å². The fraction of sp³-hybridized carbons (Fsp3) is 0.385. The molecule has 0 aromatic heterocycles. The maximum atomic E-state index is 13.1. The summed E-state index contributed by atoms with van der Waals surface area (Å²) in [6, 6.07) is 6.06. The molecule has 4 nitrogen and oxygen atoms in total. The van der Waals surface area contributed by atoms with Gasteiger partial charge in [0, 0.05) is 12.6 Å². The average Bonchev–Trinajstić information content (AvgIpc) is 2.29. The molecule has 0 spiro atoms. The zero-order valence-electron chi connectivity index (χ0n) is 10.4. The van der Waals surface area contributed by atoms with Crippen molar-refractivity contribution in [2.45, 2.75) is 26.4 Å². The Bertz CT molecular complexity index is 480. The molecule has 96 valence electrons. The first kappa shape index (κ1) is 14.1. The van der Waals surface area contributed by atoms with Gasteiger partial charge in [0.15, 0.2) is 0 Å². The van der Waals surface area contributed by atoms with Crippen molar-refractivity contribution in [1.82, 2.24) is 4.90 Å². The summed E-state index contributed by atoms with van der Waals surface area (Å²) in [7, 11) is 0. The van der Waals surface area contributed by atoms with E-state index in [9.17, 15) is 9.18 Å². The standard InChI is InChI=1S/C13H15FN2O2/c1-9(2)16(8-13(17)18)7-10-3-4-12(14)11(5-10)6-15/h3-5,9H,7-8H2,1-2H3,(H,17,18). The molecule has 1 rings (SSSR count). The molecule has 1 aromatic carbocycles. The predicted octanol–water partition coefficient (Wildman–Crippen LogP) is 1.99. The van der Waals surface area contributed by atoms with Crippen LogP contribution in [-0.2, 0) is 11.3 Å². The topological polar surface area (TPSA) is 64.3 Å². The van der Waals surface area contributed by atoms with Gasteiger partial charge in [0.2, 0.25) is 0 Å². The molecule has 0 unspecified atom stereocenters. The Morgan fingerprint density at radius 1 is 1.56 bits per heavy atom. The van der Waals surface area contributed by atoms with E-state index in [1.54, 1.807) is 17.0 Å². The summed E-state index contributed by atoms with van der Waals surface area (Å²) in [6.45, 7) is 4.06. The molecule has 1 aromatic rings. The molecule has 5 heteroatoms. The Labute approximate surface area is 105 Å². The molecule has 0 saturated heterocycles. The summed E-state index contributed by atoms with van der Waals surface area (Å²) >= 11 is 0. The van der Waals surface area contributed by atoms with Crippen LogP contribution in [-0.4, -0.2) is 28.6 Å². The maximum absolute atomic E-state index is 13.1. The zero-order valence-corrected chi connectivity index (χ0v) is 10.4. The first-order valence-electron chi connectivity index (χ1n) is 5.58. The molecule has 18 heavy (non-hydrogen) atoms. The summed E-state index contributed by atoms with van der Waals surface area (Å²) in [6.07, 6.45) is 0. The molecule has 1 N–H and O–H groups in total. The van der Waals surface area contributed by atoms with Crippen LogP contribution in [0.5, 0.6) is 0 Å². The SMILES string of the molecule is CC(C)N(CC(=O)O)Cc1ccc(F)c(C#N)c1. The Kier molecular flexibility index (Phi) is 4.81. The molecule has 0 aliphatic heterocycles. The van der Waals surface area contributed by atoms with Crippen molar-refractivity contribution in [1.29, 1.82) is 5.26 Å². The van der Waals surface area contributed by atoms with Gasteiger partial charge in [-0.1, -0.05) is 6.07 Å². The van der Waals surface area contributed by atoms with Crippen molar-refractivity contribution in [2.75, 3.05) is 6.54 Å². The molecular formula is C13H15FN2O2. The van der Waals surface area contributed by atoms with Gasteiger partial charge in [-0.2, -0.15) is 5.26 Å². The van der Waals surface area contributed by atoms with Gasteiger partial charge >= 0.3 is 5.97 Å². The number of carboxylic acid groups (broad SMARTS) is 1. The second-order valence-corrected chi connectivity index (χ2v) is 4.32. The Morgan fingerprint density at radius 3 is 2.72 bits per heavy atom. The van der Waals surface area contributed by atoms with Crippen LogP contribution in [0.2, 0.25) is 0 Å². The van der Waals surface area contributed by atoms with Gasteiger partial charge in [-0.15, -0.1) is 0 Å². The van der Waals surface area contributed by atoms with Crippen molar-refractivity contribution in [3.63, 3.8) is 0 Å². The van der Waals surface area contributed by atoms with Crippen molar-refractivity contribution < 1.29 is 14.3 Å². The highest BCUT2D eigenvalue weighted by Crippen LogP contribution is 2.13. The Morgan fingerprint density at radius 2 is 2.22 bits per heavy atom. The third kappa shape index (κ3) is 3.82. The molecule has 0 heterocycles. The number of carboxylic acids is 1. The van der Waals surface area contributed by atoms with Crippen LogP contribution in [0.4, 0.5) is 4.39 Å². The second-order valence-electron chi connectivity index (χ2n) is 4.32. The van der Waals surface area contributed by atoms with Gasteiger partial charge in [0.25, 0.3) is 0 Å². The van der Waals surface area contributed by atoms with E-state index in [1.807, 2.05) is 13.8 Å². The van der Waals surface area contributed by atoms with E-state index in [4.69, 9.17) is 10.4 Å². The van der Waals surface area contributed by atoms with E-state index in [0.29, 0.717) is 6.54 Å². The maximum Gasteiger partial charge on any atom is 0.317 e. The first-order chi connectivity index (χ1) is 8.43. The molecular weight excluding hydrogens is 235 g/mol. The van der Waals surface area contributed by atoms with Gasteiger partial charge < -0.3 is 5.11 Å². The highest BCUT2D eigenvalue weighted by atomic mass is 19.1. The lowest BCUT2D eigenvalue weighted by Gasteiger charge is -2.24. The summed E-state index contributed by atoms with van der Waals surface area (Å²) in [5.74, 6) is -1.47. The number of rotatable bonds is 5. The van der Waals surface area contributed by atoms with E-state index in [2.05, 4.69) is 0 Å². The minimum Gasteiger partial charge on any atom is -0.480 e. The molecule has 0 aliphatic carbocycles. The van der Waals surface area contributed by atoms with Crippen molar-refractivity contribution in [2.24, 2.45) is 0 Å². The lowest BCUT2D eigenvalue weighted by atomic mass is 10.1. The van der Waals surface area contributed by atoms with Crippen LogP contribution >= 0.6 is 0 Å². The molecule has 0 saturated carbocycles. The van der Waals surface area contributed by atoms with Crippen LogP contribution in [0, 0.1) is 17.1 Å². The predicted molar refractivity (Wildman–Crippen MR) is 64.3 cm³/mol. The van der Waals surface area contributed by atoms with Gasteiger partial charge in [-0.25, -0.2) is 4.39 Å². The molecule has 0 bridgehead atoms. The summed E-state index contributed by atoms with van der Waals surface area (Å²) in [4.78, 5) is 12.5. The summed E-state index contributed by atoms with van der Waals surface area (Å²) in [5, 5.41) is 17.5. The smallest absolute Gasteiger partial charge is 0.317 e. The lowest BCUT2D eigenvalue weighted by Crippen LogP contribution is -2.35. The van der Waals surface area contributed by atoms with Crippen LogP contribution < -0.4 is 0 Å². The third-order valence-electron chi connectivity index (χ3n) is 2.61. The molecule has 0 fully saturated rings. The Hall–Kier alpha value is -1.93. The largest absolute Gasteiger partial charge is 0.480 e. The second kappa shape index (κ2) is 6.12. The minimum absolute atomic E-state index is 0.0217. The van der Waals surface area contributed by atoms with Crippen molar-refractivity contribution in [3.8, 4) is 6.07 Å². The van der Waals surface area contributed by atoms with Gasteiger partial charge in [-0.3, -0.25) is 9.69 Å². The van der Waals surface area contributed by atoms with E-state index in [1.165, 1.54) is 12.1 Å². The number of halogens is 1. The van der Waals surface area contributed by atoms with E-state index in [0.717, 1.165) is 5.56 Å². The molecule has 0 amide bonds. The van der Waals surface area contributed by atoms with Crippen LogP contribution in [0.1, 0.15) is 25.0 Å². The van der Waals surface area contributed by atoms with Crippen LogP contribution in [0.25, 0.3) is 0 Å². The summed E-state index contributed by atoms with van der Waals surface area (Å²) in [5.41, 5.74) is 0.703. The highest BCUT2D eigenvalue weighted by Gasteiger charge is 2.14. The fourth-order valence-corrected chi connectivity index (χ4v) is 1.59. The molecule has 0 atom stereocenters. The number of aliphatic carboxylic acids is 1. The summed E-state index contributed by atoms with van der Waals surface area (Å²) < 4.78 is 13.1. The van der Waals surface area contributed by atoms with Crippen LogP contribution in [0.15, 0.2) is 18.2 Å². The van der Waals surface area contributed by atoms with Gasteiger partial charge in [0.05, 0.1) is 12.1 Å². The quantitative estimate of drug-likeness (QED) is 0.868. The number of benzene rings is 1. The van der Waals surface area contributed by atoms with Crippen LogP contribution in [0.3, 0.4) is 0 Å². The van der Waals surface area contributed by atoms with E-state index >= 15 is 0 Å². The molecule has 0 radical (unpaired) electrons. The fourth-order valence-electron chi connectivity index (χ4n) is 1.59. The van der Waals surface area contributed by atoms with Gasteiger partial charge in [0.1, 0.15) is 11.9 Å². The van der Waals surface area contributed by atoms with E-state index in [-0.39, 0.29) is 18.2 Å². The molecule has 0 aliphatic rings. The average molecular weight is 250 g/mol. The third-order valence-corrected chi connectivity index (χ3v) is 2.61. The van der Waals surface area contributed by atoms with Crippen molar-refractivity contribution in [3.05, 3.63) is 35.1 Å². The number of nitriles is 1. The van der Waals surface area contributed by atoms with Gasteiger partial charge in [-0.05, 0) is 31.5 Å². The zero-order chi connectivity index (χ0) is 13.7. The van der Waals surface area contributed by atoms with E-state index < -0.39 is 11.8 Å². The number of hydrogen-bond acceptors (Lipinski definition) is 3. The number of carbonyl (C=O) groups is 1. The normalized spacial score (nSPS) is 10.7. The Balaban J connectivity index is 2.87. The number of nitrogens with zero attached hydrogens (tertiary/aromatic N) is 2. The lowest BCUT2D eigenvalue weighted by molar-refractivity contribution is -0.138.